The van der Waals surface area contributed by atoms with E-state index in [9.17, 15) is 18.8 Å². The molecule has 0 aromatic heterocycles. The molecule has 0 aliphatic carbocycles. The highest BCUT2D eigenvalue weighted by molar-refractivity contribution is 6.39. The van der Waals surface area contributed by atoms with E-state index in [1.165, 1.54) is 5.01 Å². The molecule has 25 heavy (non-hydrogen) atoms. The molecule has 0 bridgehead atoms. The molecule has 1 fully saturated rings. The summed E-state index contributed by atoms with van der Waals surface area (Å²) in [6.45, 7) is -0.223. The molecule has 1 aromatic carbocycles. The number of carbonyl (C=O) groups excluding carboxylic acids is 2. The van der Waals surface area contributed by atoms with Crippen molar-refractivity contribution < 1.29 is 23.9 Å². The fraction of sp³-hybridized carbons (Fsp3) is 0.412. The first-order valence-corrected chi connectivity index (χ1v) is 8.02. The molecule has 2 aliphatic rings. The maximum absolute atomic E-state index is 14.1. The molecule has 1 atom stereocenters. The summed E-state index contributed by atoms with van der Waals surface area (Å²) in [7, 11) is 0. The Balaban J connectivity index is 1.73. The van der Waals surface area contributed by atoms with Gasteiger partial charge in [0, 0.05) is 25.8 Å². The lowest BCUT2D eigenvalue weighted by atomic mass is 10.1. The molecular formula is C17H18FN3O4. The second kappa shape index (κ2) is 6.62. The largest absolute Gasteiger partial charge is 0.479 e. The van der Waals surface area contributed by atoms with Crippen LogP contribution in [-0.2, 0) is 20.9 Å². The van der Waals surface area contributed by atoms with E-state index in [1.54, 1.807) is 0 Å². The zero-order valence-electron chi connectivity index (χ0n) is 13.5. The van der Waals surface area contributed by atoms with Crippen LogP contribution in [-0.4, -0.2) is 57.3 Å². The first kappa shape index (κ1) is 17.1. The number of amides is 2. The Morgan fingerprint density at radius 2 is 1.96 bits per heavy atom. The molecule has 2 heterocycles. The van der Waals surface area contributed by atoms with Crippen molar-refractivity contribution in [2.24, 2.45) is 5.10 Å². The smallest absolute Gasteiger partial charge is 0.343 e. The van der Waals surface area contributed by atoms with Gasteiger partial charge in [0.05, 0.1) is 13.1 Å². The van der Waals surface area contributed by atoms with Gasteiger partial charge in [-0.1, -0.05) is 30.3 Å². The van der Waals surface area contributed by atoms with Gasteiger partial charge >= 0.3 is 5.97 Å². The van der Waals surface area contributed by atoms with Gasteiger partial charge in [-0.05, 0) is 5.56 Å². The topological polar surface area (TPSA) is 90.3 Å². The Morgan fingerprint density at radius 3 is 2.60 bits per heavy atom. The fourth-order valence-electron chi connectivity index (χ4n) is 2.94. The predicted molar refractivity (Wildman–Crippen MR) is 86.3 cm³/mol. The fourth-order valence-corrected chi connectivity index (χ4v) is 2.94. The number of hydrogen-bond acceptors (Lipinski definition) is 4. The van der Waals surface area contributed by atoms with Crippen LogP contribution in [0.1, 0.15) is 24.8 Å². The summed E-state index contributed by atoms with van der Waals surface area (Å²) in [5.74, 6) is -2.26. The Bertz CT molecular complexity index is 737. The van der Waals surface area contributed by atoms with Crippen molar-refractivity contribution in [3.63, 3.8) is 0 Å². The van der Waals surface area contributed by atoms with Crippen LogP contribution in [0, 0.1) is 0 Å². The van der Waals surface area contributed by atoms with Crippen LogP contribution in [0.25, 0.3) is 0 Å². The molecule has 2 aliphatic heterocycles. The number of likely N-dealkylation sites (tertiary alicyclic amines) is 1. The molecule has 1 saturated heterocycles. The van der Waals surface area contributed by atoms with E-state index in [0.717, 1.165) is 10.5 Å². The van der Waals surface area contributed by atoms with E-state index in [-0.39, 0.29) is 44.0 Å². The van der Waals surface area contributed by atoms with Gasteiger partial charge in [0.15, 0.2) is 0 Å². The first-order chi connectivity index (χ1) is 11.9. The van der Waals surface area contributed by atoms with Gasteiger partial charge in [0.25, 0.3) is 5.91 Å². The van der Waals surface area contributed by atoms with Gasteiger partial charge < -0.3 is 10.0 Å². The summed E-state index contributed by atoms with van der Waals surface area (Å²) in [4.78, 5) is 36.7. The van der Waals surface area contributed by atoms with Crippen LogP contribution in [0.2, 0.25) is 0 Å². The number of halogens is 1. The number of nitrogens with zero attached hydrogens (tertiary/aromatic N) is 3. The molecule has 2 amide bonds. The molecule has 0 saturated carbocycles. The number of benzene rings is 1. The van der Waals surface area contributed by atoms with E-state index >= 15 is 0 Å². The third-order valence-corrected chi connectivity index (χ3v) is 4.42. The summed E-state index contributed by atoms with van der Waals surface area (Å²) in [5, 5.41) is 14.3. The number of carboxylic acids is 1. The van der Waals surface area contributed by atoms with Crippen LogP contribution in [0.15, 0.2) is 35.4 Å². The lowest BCUT2D eigenvalue weighted by Gasteiger charge is -2.25. The molecule has 1 N–H and O–H groups in total. The summed E-state index contributed by atoms with van der Waals surface area (Å²) in [6.07, 6.45) is 0.0742. The highest BCUT2D eigenvalue weighted by Crippen LogP contribution is 2.27. The number of hydrogen-bond donors (Lipinski definition) is 1. The molecule has 1 aromatic rings. The van der Waals surface area contributed by atoms with Crippen molar-refractivity contribution in [2.75, 3.05) is 13.1 Å². The Hall–Kier alpha value is -2.77. The summed E-state index contributed by atoms with van der Waals surface area (Å²) < 4.78 is 14.1. The SMILES string of the molecule is O=C(C1=NN(Cc2ccccc2)C(=O)CC1)N1CCC(F)(C(=O)O)C1. The van der Waals surface area contributed by atoms with E-state index in [1.807, 2.05) is 30.3 Å². The maximum atomic E-state index is 14.1. The van der Waals surface area contributed by atoms with Crippen LogP contribution in [0.3, 0.4) is 0 Å². The number of aliphatic carboxylic acids is 1. The van der Waals surface area contributed by atoms with E-state index in [2.05, 4.69) is 5.10 Å². The Morgan fingerprint density at radius 1 is 1.24 bits per heavy atom. The summed E-state index contributed by atoms with van der Waals surface area (Å²) >= 11 is 0. The van der Waals surface area contributed by atoms with E-state index in [4.69, 9.17) is 5.11 Å². The standard InChI is InChI=1S/C17H18FN3O4/c18-17(16(24)25)8-9-20(11-17)15(23)13-6-7-14(22)21(19-13)10-12-4-2-1-3-5-12/h1-5H,6-11H2,(H,24,25). The monoisotopic (exact) mass is 347 g/mol. The van der Waals surface area contributed by atoms with Crippen molar-refractivity contribution in [1.29, 1.82) is 0 Å². The number of alkyl halides is 1. The van der Waals surface area contributed by atoms with Gasteiger partial charge in [-0.2, -0.15) is 5.10 Å². The molecule has 1 unspecified atom stereocenters. The maximum Gasteiger partial charge on any atom is 0.343 e. The molecule has 8 heteroatoms. The number of carbonyl (C=O) groups is 3. The van der Waals surface area contributed by atoms with Crippen molar-refractivity contribution in [1.82, 2.24) is 9.91 Å². The number of hydrazone groups is 1. The Labute approximate surface area is 143 Å². The minimum absolute atomic E-state index is 0.0211. The van der Waals surface area contributed by atoms with Crippen molar-refractivity contribution >= 4 is 23.5 Å². The lowest BCUT2D eigenvalue weighted by Crippen LogP contribution is -2.43. The number of carboxylic acid groups (broad SMARTS) is 1. The van der Waals surface area contributed by atoms with Gasteiger partial charge in [-0.3, -0.25) is 9.59 Å². The molecule has 3 rings (SSSR count). The average molecular weight is 347 g/mol. The molecule has 132 valence electrons. The lowest BCUT2D eigenvalue weighted by molar-refractivity contribution is -0.150. The third-order valence-electron chi connectivity index (χ3n) is 4.42. The van der Waals surface area contributed by atoms with Crippen LogP contribution in [0.4, 0.5) is 4.39 Å². The molecule has 0 spiro atoms. The van der Waals surface area contributed by atoms with Gasteiger partial charge in [-0.15, -0.1) is 0 Å². The van der Waals surface area contributed by atoms with Crippen LogP contribution < -0.4 is 0 Å². The minimum Gasteiger partial charge on any atom is -0.479 e. The van der Waals surface area contributed by atoms with Crippen LogP contribution >= 0.6 is 0 Å². The first-order valence-electron chi connectivity index (χ1n) is 8.02. The summed E-state index contributed by atoms with van der Waals surface area (Å²) in [6, 6.07) is 9.25. The van der Waals surface area contributed by atoms with E-state index in [0.29, 0.717) is 0 Å². The van der Waals surface area contributed by atoms with Crippen molar-refractivity contribution in [3.8, 4) is 0 Å². The van der Waals surface area contributed by atoms with Gasteiger partial charge in [-0.25, -0.2) is 14.2 Å². The highest BCUT2D eigenvalue weighted by atomic mass is 19.1. The van der Waals surface area contributed by atoms with Crippen LogP contribution in [0.5, 0.6) is 0 Å². The predicted octanol–water partition coefficient (Wildman–Crippen LogP) is 1.19. The zero-order chi connectivity index (χ0) is 18.0. The van der Waals surface area contributed by atoms with Crippen molar-refractivity contribution in [2.45, 2.75) is 31.5 Å². The third kappa shape index (κ3) is 3.52. The zero-order valence-corrected chi connectivity index (χ0v) is 13.5. The summed E-state index contributed by atoms with van der Waals surface area (Å²) in [5.41, 5.74) is -1.38. The van der Waals surface area contributed by atoms with Gasteiger partial charge in [0.1, 0.15) is 5.71 Å². The van der Waals surface area contributed by atoms with Crippen molar-refractivity contribution in [3.05, 3.63) is 35.9 Å². The normalized spacial score (nSPS) is 23.6. The number of rotatable bonds is 4. The highest BCUT2D eigenvalue weighted by Gasteiger charge is 2.47. The average Bonchev–Trinajstić information content (AvgIpc) is 3.01. The van der Waals surface area contributed by atoms with Gasteiger partial charge in [0.2, 0.25) is 11.6 Å². The molecule has 0 radical (unpaired) electrons. The second-order valence-corrected chi connectivity index (χ2v) is 6.23. The van der Waals surface area contributed by atoms with E-state index < -0.39 is 24.1 Å². The molecular weight excluding hydrogens is 329 g/mol. The molecule has 7 nitrogen and oxygen atoms in total. The second-order valence-electron chi connectivity index (χ2n) is 6.23. The quantitative estimate of drug-likeness (QED) is 0.886. The Kier molecular flexibility index (Phi) is 4.52. The minimum atomic E-state index is -2.41.